The average molecular weight is 384 g/mol. The van der Waals surface area contributed by atoms with E-state index in [0.717, 1.165) is 17.6 Å². The monoisotopic (exact) mass is 384 g/mol. The number of nitrogens with zero attached hydrogens (tertiary/aromatic N) is 1. The van der Waals surface area contributed by atoms with Crippen molar-refractivity contribution in [1.82, 2.24) is 4.57 Å². The van der Waals surface area contributed by atoms with Gasteiger partial charge in [-0.15, -0.1) is 0 Å². The fourth-order valence-corrected chi connectivity index (χ4v) is 3.32. The van der Waals surface area contributed by atoms with Gasteiger partial charge in [-0.2, -0.15) is 0 Å². The van der Waals surface area contributed by atoms with Gasteiger partial charge in [0, 0.05) is 23.0 Å². The predicted molar refractivity (Wildman–Crippen MR) is 92.5 cm³/mol. The third-order valence-corrected chi connectivity index (χ3v) is 5.17. The van der Waals surface area contributed by atoms with E-state index >= 15 is 0 Å². The molecule has 0 radical (unpaired) electrons. The molecular weight excluding hydrogens is 368 g/mol. The predicted octanol–water partition coefficient (Wildman–Crippen LogP) is 0.804. The summed E-state index contributed by atoms with van der Waals surface area (Å²) in [6.45, 7) is 0.873. The van der Waals surface area contributed by atoms with Gasteiger partial charge in [-0.05, 0) is 25.1 Å². The van der Waals surface area contributed by atoms with E-state index in [-0.39, 0.29) is 22.0 Å². The highest BCUT2D eigenvalue weighted by molar-refractivity contribution is 7.90. The van der Waals surface area contributed by atoms with E-state index in [1.165, 1.54) is 28.8 Å². The zero-order valence-electron chi connectivity index (χ0n) is 13.5. The van der Waals surface area contributed by atoms with Gasteiger partial charge >= 0.3 is 10.8 Å². The van der Waals surface area contributed by atoms with Crippen molar-refractivity contribution in [1.29, 1.82) is 0 Å². The van der Waals surface area contributed by atoms with Crippen LogP contribution in [0.25, 0.3) is 0 Å². The van der Waals surface area contributed by atoms with Crippen LogP contribution < -0.4 is 10.2 Å². The number of ether oxygens (including phenoxy) is 1. The SMILES string of the molecule is Cc1csc(=O)n1CC(=O)OCC(=O)Nc1cccc(S(C)(=O)=O)c1. The Kier molecular flexibility index (Phi) is 5.75. The number of amides is 1. The van der Waals surface area contributed by atoms with Gasteiger partial charge < -0.3 is 10.1 Å². The quantitative estimate of drug-likeness (QED) is 0.738. The summed E-state index contributed by atoms with van der Waals surface area (Å²) in [7, 11) is -3.39. The molecular formula is C15H16N2O6S2. The maximum Gasteiger partial charge on any atom is 0.326 e. The first-order valence-electron chi connectivity index (χ1n) is 7.07. The van der Waals surface area contributed by atoms with E-state index in [4.69, 9.17) is 4.74 Å². The molecule has 10 heteroatoms. The molecule has 0 fully saturated rings. The van der Waals surface area contributed by atoms with E-state index < -0.39 is 28.3 Å². The van der Waals surface area contributed by atoms with E-state index in [1.807, 2.05) is 0 Å². The Hall–Kier alpha value is -2.46. The lowest BCUT2D eigenvalue weighted by atomic mass is 10.3. The topological polar surface area (TPSA) is 112 Å². The molecule has 0 aliphatic carbocycles. The molecule has 2 aromatic rings. The summed E-state index contributed by atoms with van der Waals surface area (Å²) < 4.78 is 29.0. The highest BCUT2D eigenvalue weighted by Gasteiger charge is 2.13. The number of esters is 1. The molecule has 0 bridgehead atoms. The van der Waals surface area contributed by atoms with Crippen molar-refractivity contribution in [2.75, 3.05) is 18.2 Å². The van der Waals surface area contributed by atoms with Crippen LogP contribution >= 0.6 is 11.3 Å². The molecule has 8 nitrogen and oxygen atoms in total. The lowest BCUT2D eigenvalue weighted by molar-refractivity contribution is -0.147. The molecule has 1 aromatic carbocycles. The zero-order valence-corrected chi connectivity index (χ0v) is 15.1. The van der Waals surface area contributed by atoms with Crippen molar-refractivity contribution >= 4 is 38.7 Å². The van der Waals surface area contributed by atoms with Crippen LogP contribution in [0.4, 0.5) is 5.69 Å². The molecule has 134 valence electrons. The lowest BCUT2D eigenvalue weighted by Crippen LogP contribution is -2.26. The van der Waals surface area contributed by atoms with E-state index in [1.54, 1.807) is 12.3 Å². The Balaban J connectivity index is 1.91. The number of carbonyl (C=O) groups is 2. The average Bonchev–Trinajstić information content (AvgIpc) is 2.84. The third-order valence-electron chi connectivity index (χ3n) is 3.17. The summed E-state index contributed by atoms with van der Waals surface area (Å²) in [5.74, 6) is -1.34. The number of hydrogen-bond donors (Lipinski definition) is 1. The van der Waals surface area contributed by atoms with E-state index in [0.29, 0.717) is 5.69 Å². The van der Waals surface area contributed by atoms with Crippen LogP contribution in [0.3, 0.4) is 0 Å². The van der Waals surface area contributed by atoms with Crippen LogP contribution in [0.5, 0.6) is 0 Å². The van der Waals surface area contributed by atoms with Gasteiger partial charge in [-0.25, -0.2) is 8.42 Å². The van der Waals surface area contributed by atoms with Gasteiger partial charge in [-0.3, -0.25) is 19.0 Å². The molecule has 1 heterocycles. The zero-order chi connectivity index (χ0) is 18.6. The summed E-state index contributed by atoms with van der Waals surface area (Å²) in [5.41, 5.74) is 0.905. The molecule has 0 aliphatic heterocycles. The van der Waals surface area contributed by atoms with Crippen molar-refractivity contribution in [2.45, 2.75) is 18.4 Å². The highest BCUT2D eigenvalue weighted by Crippen LogP contribution is 2.15. The molecule has 2 rings (SSSR count). The summed E-state index contributed by atoms with van der Waals surface area (Å²) in [4.78, 5) is 34.8. The minimum atomic E-state index is -3.39. The van der Waals surface area contributed by atoms with Crippen molar-refractivity contribution < 1.29 is 22.7 Å². The molecule has 0 atom stereocenters. The molecule has 0 unspecified atom stereocenters. The highest BCUT2D eigenvalue weighted by atomic mass is 32.2. The van der Waals surface area contributed by atoms with Gasteiger partial charge in [0.05, 0.1) is 4.90 Å². The van der Waals surface area contributed by atoms with Gasteiger partial charge in [0.1, 0.15) is 6.54 Å². The first-order chi connectivity index (χ1) is 11.7. The summed E-state index contributed by atoms with van der Waals surface area (Å²) in [5, 5.41) is 4.07. The lowest BCUT2D eigenvalue weighted by Gasteiger charge is -2.08. The molecule has 1 amide bonds. The summed E-state index contributed by atoms with van der Waals surface area (Å²) in [6, 6.07) is 5.72. The fraction of sp³-hybridized carbons (Fsp3) is 0.267. The molecule has 0 saturated carbocycles. The molecule has 25 heavy (non-hydrogen) atoms. The summed E-state index contributed by atoms with van der Waals surface area (Å²) >= 11 is 0.974. The Morgan fingerprint density at radius 2 is 2.04 bits per heavy atom. The number of aryl methyl sites for hydroxylation is 1. The van der Waals surface area contributed by atoms with Crippen LogP contribution in [0.15, 0.2) is 39.3 Å². The third kappa shape index (κ3) is 5.26. The largest absolute Gasteiger partial charge is 0.454 e. The van der Waals surface area contributed by atoms with Crippen LogP contribution in [0.1, 0.15) is 5.69 Å². The number of rotatable bonds is 6. The first kappa shape index (κ1) is 18.9. The van der Waals surface area contributed by atoms with Gasteiger partial charge in [-0.1, -0.05) is 17.4 Å². The van der Waals surface area contributed by atoms with Crippen molar-refractivity contribution in [3.63, 3.8) is 0 Å². The van der Waals surface area contributed by atoms with Crippen LogP contribution in [-0.4, -0.2) is 37.7 Å². The fourth-order valence-electron chi connectivity index (χ4n) is 1.92. The molecule has 1 N–H and O–H groups in total. The molecule has 1 aromatic heterocycles. The van der Waals surface area contributed by atoms with Crippen LogP contribution in [-0.2, 0) is 30.7 Å². The second-order valence-corrected chi connectivity index (χ2v) is 8.07. The number of hydrogen-bond acceptors (Lipinski definition) is 7. The Labute approximate surface area is 148 Å². The minimum absolute atomic E-state index is 0.0644. The molecule has 0 aliphatic rings. The second kappa shape index (κ2) is 7.62. The number of sulfone groups is 1. The van der Waals surface area contributed by atoms with Gasteiger partial charge in [0.2, 0.25) is 0 Å². The van der Waals surface area contributed by atoms with E-state index in [2.05, 4.69) is 5.32 Å². The van der Waals surface area contributed by atoms with Gasteiger partial charge in [0.15, 0.2) is 16.4 Å². The number of carbonyl (C=O) groups excluding carboxylic acids is 2. The minimum Gasteiger partial charge on any atom is -0.454 e. The Morgan fingerprint density at radius 1 is 1.32 bits per heavy atom. The Bertz CT molecular complexity index is 958. The number of benzene rings is 1. The molecule has 0 saturated heterocycles. The standard InChI is InChI=1S/C15H16N2O6S2/c1-10-9-24-15(20)17(10)7-14(19)23-8-13(18)16-11-4-3-5-12(6-11)25(2,21)22/h3-6,9H,7-8H2,1-2H3,(H,16,18). The smallest absolute Gasteiger partial charge is 0.326 e. The van der Waals surface area contributed by atoms with Crippen molar-refractivity contribution in [3.8, 4) is 0 Å². The number of thiazole rings is 1. The maximum absolute atomic E-state index is 11.8. The maximum atomic E-state index is 11.8. The Morgan fingerprint density at radius 3 is 2.64 bits per heavy atom. The normalized spacial score (nSPS) is 11.1. The number of aromatic nitrogens is 1. The summed E-state index contributed by atoms with van der Waals surface area (Å²) in [6.07, 6.45) is 1.06. The number of anilines is 1. The first-order valence-corrected chi connectivity index (χ1v) is 9.84. The van der Waals surface area contributed by atoms with Gasteiger partial charge in [0.25, 0.3) is 5.91 Å². The molecule has 0 spiro atoms. The van der Waals surface area contributed by atoms with Crippen molar-refractivity contribution in [2.24, 2.45) is 0 Å². The number of nitrogens with one attached hydrogen (secondary N) is 1. The van der Waals surface area contributed by atoms with Crippen LogP contribution in [0, 0.1) is 6.92 Å². The second-order valence-electron chi connectivity index (χ2n) is 5.24. The van der Waals surface area contributed by atoms with Crippen molar-refractivity contribution in [3.05, 3.63) is 45.0 Å². The van der Waals surface area contributed by atoms with E-state index in [9.17, 15) is 22.8 Å². The van der Waals surface area contributed by atoms with Crippen LogP contribution in [0.2, 0.25) is 0 Å².